The molecule has 2 heterocycles. The number of fused-ring (bicyclic) bond motifs is 1. The monoisotopic (exact) mass is 481 g/mol. The van der Waals surface area contributed by atoms with Crippen molar-refractivity contribution in [1.82, 2.24) is 9.47 Å². The zero-order valence-electron chi connectivity index (χ0n) is 19.3. The highest BCUT2D eigenvalue weighted by molar-refractivity contribution is 8.18. The molecule has 5 rings (SSSR count). The van der Waals surface area contributed by atoms with E-state index in [2.05, 4.69) is 21.7 Å². The highest BCUT2D eigenvalue weighted by Gasteiger charge is 2.30. The molecule has 1 fully saturated rings. The average molecular weight is 482 g/mol. The van der Waals surface area contributed by atoms with Crippen LogP contribution in [-0.4, -0.2) is 40.7 Å². The molecule has 174 valence electrons. The zero-order valence-corrected chi connectivity index (χ0v) is 20.2. The van der Waals surface area contributed by atoms with Crippen LogP contribution < -0.4 is 0 Å². The Morgan fingerprint density at radius 2 is 1.80 bits per heavy atom. The van der Waals surface area contributed by atoms with E-state index in [1.54, 1.807) is 18.0 Å². The molecule has 1 aromatic heterocycles. The molecule has 0 atom stereocenters. The van der Waals surface area contributed by atoms with E-state index in [1.165, 1.54) is 18.9 Å². The summed E-state index contributed by atoms with van der Waals surface area (Å²) in [6, 6.07) is 25.1. The summed E-state index contributed by atoms with van der Waals surface area (Å²) < 4.78 is 6.98. The van der Waals surface area contributed by atoms with Crippen molar-refractivity contribution in [3.63, 3.8) is 0 Å². The van der Waals surface area contributed by atoms with E-state index in [-0.39, 0.29) is 11.9 Å². The van der Waals surface area contributed by atoms with Gasteiger partial charge in [0.05, 0.1) is 23.3 Å². The predicted molar refractivity (Wildman–Crippen MR) is 141 cm³/mol. The van der Waals surface area contributed by atoms with Gasteiger partial charge in [0.1, 0.15) is 0 Å². The van der Waals surface area contributed by atoms with Crippen LogP contribution >= 0.6 is 11.8 Å². The summed E-state index contributed by atoms with van der Waals surface area (Å²) in [7, 11) is 3.12. The molecule has 0 radical (unpaired) electrons. The van der Waals surface area contributed by atoms with Crippen LogP contribution in [0, 0.1) is 0 Å². The molecule has 0 aliphatic carbocycles. The molecule has 1 amide bonds. The van der Waals surface area contributed by atoms with Gasteiger partial charge in [-0.15, -0.1) is 0 Å². The van der Waals surface area contributed by atoms with E-state index in [1.807, 2.05) is 72.9 Å². The van der Waals surface area contributed by atoms with Crippen molar-refractivity contribution in [3.8, 4) is 0 Å². The largest absolute Gasteiger partial charge is 0.465 e. The van der Waals surface area contributed by atoms with Gasteiger partial charge < -0.3 is 9.30 Å². The first-order chi connectivity index (χ1) is 17.0. The molecule has 1 saturated heterocycles. The minimum absolute atomic E-state index is 0.0766. The summed E-state index contributed by atoms with van der Waals surface area (Å²) in [6.45, 7) is 0.580. The highest BCUT2D eigenvalue weighted by Crippen LogP contribution is 2.35. The van der Waals surface area contributed by atoms with Crippen LogP contribution in [0.4, 0.5) is 5.69 Å². The number of esters is 1. The lowest BCUT2D eigenvalue weighted by atomic mass is 10.1. The number of methoxy groups -OCH3 is 1. The standard InChI is InChI=1S/C28H23N3O3S/c1-30-26(32)25(35-28(30)29-22-11-4-3-5-12-22)16-21-18-31(24-14-7-6-13-23(21)24)17-19-9-8-10-20(15-19)27(33)34-2/h3-16,18H,17H2,1-2H3. The number of carbonyl (C=O) groups excluding carboxylic acids is 2. The maximum atomic E-state index is 13.0. The molecule has 1 aliphatic heterocycles. The number of hydrogen-bond donors (Lipinski definition) is 0. The Morgan fingerprint density at radius 3 is 2.60 bits per heavy atom. The topological polar surface area (TPSA) is 63.9 Å². The van der Waals surface area contributed by atoms with Crippen molar-refractivity contribution in [3.05, 3.63) is 107 Å². The van der Waals surface area contributed by atoms with Gasteiger partial charge in [-0.3, -0.25) is 9.69 Å². The maximum absolute atomic E-state index is 13.0. The summed E-state index contributed by atoms with van der Waals surface area (Å²) in [6.07, 6.45) is 3.98. The lowest BCUT2D eigenvalue weighted by Gasteiger charge is -2.07. The first kappa shape index (κ1) is 22.7. The average Bonchev–Trinajstić information content (AvgIpc) is 3.36. The van der Waals surface area contributed by atoms with Crippen molar-refractivity contribution < 1.29 is 14.3 Å². The zero-order chi connectivity index (χ0) is 24.4. The predicted octanol–water partition coefficient (Wildman–Crippen LogP) is 5.71. The molecule has 0 saturated carbocycles. The molecule has 0 N–H and O–H groups in total. The van der Waals surface area contributed by atoms with E-state index >= 15 is 0 Å². The third kappa shape index (κ3) is 4.63. The van der Waals surface area contributed by atoms with Gasteiger partial charge in [-0.1, -0.05) is 48.5 Å². The van der Waals surface area contributed by atoms with Gasteiger partial charge >= 0.3 is 5.97 Å². The van der Waals surface area contributed by atoms with Gasteiger partial charge in [0.2, 0.25) is 0 Å². The van der Waals surface area contributed by atoms with Crippen molar-refractivity contribution in [2.24, 2.45) is 4.99 Å². The fourth-order valence-corrected chi connectivity index (χ4v) is 5.02. The Morgan fingerprint density at radius 1 is 1.03 bits per heavy atom. The minimum Gasteiger partial charge on any atom is -0.465 e. The van der Waals surface area contributed by atoms with Crippen molar-refractivity contribution in [2.75, 3.05) is 14.2 Å². The fourth-order valence-electron chi connectivity index (χ4n) is 4.04. The first-order valence-electron chi connectivity index (χ1n) is 11.1. The number of benzene rings is 3. The van der Waals surface area contributed by atoms with E-state index in [4.69, 9.17) is 4.74 Å². The molecule has 7 heteroatoms. The normalized spacial score (nSPS) is 15.9. The first-order valence-corrected chi connectivity index (χ1v) is 11.9. The third-order valence-electron chi connectivity index (χ3n) is 5.79. The number of rotatable bonds is 5. The second-order valence-electron chi connectivity index (χ2n) is 8.13. The van der Waals surface area contributed by atoms with Crippen LogP contribution in [0.5, 0.6) is 0 Å². The number of amides is 1. The molecule has 3 aromatic carbocycles. The van der Waals surface area contributed by atoms with Crippen LogP contribution in [0.2, 0.25) is 0 Å². The minimum atomic E-state index is -0.358. The summed E-state index contributed by atoms with van der Waals surface area (Å²) >= 11 is 1.37. The maximum Gasteiger partial charge on any atom is 0.337 e. The van der Waals surface area contributed by atoms with Crippen molar-refractivity contribution >= 4 is 51.5 Å². The Bertz CT molecular complexity index is 1490. The summed E-state index contributed by atoms with van der Waals surface area (Å²) in [5.41, 5.74) is 4.31. The van der Waals surface area contributed by atoms with Gasteiger partial charge in [0.25, 0.3) is 5.91 Å². The lowest BCUT2D eigenvalue weighted by molar-refractivity contribution is -0.121. The van der Waals surface area contributed by atoms with Crippen molar-refractivity contribution in [2.45, 2.75) is 6.54 Å². The number of aliphatic imine (C=N–C) groups is 1. The highest BCUT2D eigenvalue weighted by atomic mass is 32.2. The second-order valence-corrected chi connectivity index (χ2v) is 9.14. The smallest absolute Gasteiger partial charge is 0.337 e. The Kier molecular flexibility index (Phi) is 6.25. The SMILES string of the molecule is COC(=O)c1cccc(Cn2cc(C=C3SC(=Nc4ccccc4)N(C)C3=O)c3ccccc32)c1. The van der Waals surface area contributed by atoms with Gasteiger partial charge in [-0.25, -0.2) is 9.79 Å². The van der Waals surface area contributed by atoms with Crippen LogP contribution in [0.1, 0.15) is 21.5 Å². The number of thioether (sulfide) groups is 1. The number of amidine groups is 1. The number of hydrogen-bond acceptors (Lipinski definition) is 5. The van der Waals surface area contributed by atoms with Crippen LogP contribution in [0.3, 0.4) is 0 Å². The van der Waals surface area contributed by atoms with Gasteiger partial charge in [0.15, 0.2) is 5.17 Å². The molecule has 0 bridgehead atoms. The molecule has 35 heavy (non-hydrogen) atoms. The summed E-state index contributed by atoms with van der Waals surface area (Å²) in [4.78, 5) is 31.8. The number of nitrogens with zero attached hydrogens (tertiary/aromatic N) is 3. The van der Waals surface area contributed by atoms with Crippen LogP contribution in [-0.2, 0) is 16.1 Å². The second kappa shape index (κ2) is 9.64. The van der Waals surface area contributed by atoms with E-state index in [0.29, 0.717) is 22.2 Å². The Hall–Kier alpha value is -4.10. The lowest BCUT2D eigenvalue weighted by Crippen LogP contribution is -2.23. The summed E-state index contributed by atoms with van der Waals surface area (Å²) in [5.74, 6) is -0.434. The Balaban J connectivity index is 1.49. The fraction of sp³-hybridized carbons (Fsp3) is 0.107. The molecular formula is C28H23N3O3S. The number of ether oxygens (including phenoxy) is 1. The number of aromatic nitrogens is 1. The quantitative estimate of drug-likeness (QED) is 0.271. The molecule has 6 nitrogen and oxygen atoms in total. The summed E-state index contributed by atoms with van der Waals surface area (Å²) in [5, 5.41) is 1.70. The van der Waals surface area contributed by atoms with Gasteiger partial charge in [-0.2, -0.15) is 0 Å². The van der Waals surface area contributed by atoms with E-state index < -0.39 is 0 Å². The van der Waals surface area contributed by atoms with Gasteiger partial charge in [0, 0.05) is 36.3 Å². The van der Waals surface area contributed by atoms with E-state index in [9.17, 15) is 9.59 Å². The molecule has 0 spiro atoms. The molecule has 0 unspecified atom stereocenters. The number of para-hydroxylation sites is 2. The van der Waals surface area contributed by atoms with Crippen LogP contribution in [0.25, 0.3) is 17.0 Å². The van der Waals surface area contributed by atoms with Gasteiger partial charge in [-0.05, 0) is 53.7 Å². The van der Waals surface area contributed by atoms with E-state index in [0.717, 1.165) is 27.7 Å². The molecule has 4 aromatic rings. The number of likely N-dealkylation sites (N-methyl/N-ethyl adjacent to an activating group) is 1. The Labute approximate surface area is 207 Å². The van der Waals surface area contributed by atoms with Crippen LogP contribution in [0.15, 0.2) is 95.0 Å². The number of carbonyl (C=O) groups is 2. The molecule has 1 aliphatic rings. The third-order valence-corrected chi connectivity index (χ3v) is 6.85. The van der Waals surface area contributed by atoms with Crippen molar-refractivity contribution in [1.29, 1.82) is 0 Å². The molecular weight excluding hydrogens is 458 g/mol.